The summed E-state index contributed by atoms with van der Waals surface area (Å²) in [6, 6.07) is 11.4. The van der Waals surface area contributed by atoms with Gasteiger partial charge in [-0.1, -0.05) is 35.4 Å². The average molecular weight is 286 g/mol. The molecular formula is C16H22N4O. The maximum atomic E-state index is 5.62. The van der Waals surface area contributed by atoms with E-state index in [9.17, 15) is 0 Å². The second-order valence-electron chi connectivity index (χ2n) is 6.61. The van der Waals surface area contributed by atoms with E-state index in [1.165, 1.54) is 5.56 Å². The molecule has 2 aromatic rings. The minimum atomic E-state index is 0.0386. The zero-order valence-electron chi connectivity index (χ0n) is 12.8. The molecule has 0 aliphatic heterocycles. The molecule has 2 atom stereocenters. The van der Waals surface area contributed by atoms with Crippen LogP contribution < -0.4 is 10.6 Å². The molecule has 2 unspecified atom stereocenters. The summed E-state index contributed by atoms with van der Waals surface area (Å²) in [6.45, 7) is 6.91. The summed E-state index contributed by atoms with van der Waals surface area (Å²) >= 11 is 0. The first-order chi connectivity index (χ1) is 10.0. The molecule has 1 aliphatic carbocycles. The molecule has 2 N–H and O–H groups in total. The first-order valence-electron chi connectivity index (χ1n) is 7.40. The van der Waals surface area contributed by atoms with Crippen LogP contribution in [-0.2, 0) is 6.54 Å². The third-order valence-electron chi connectivity index (χ3n) is 3.56. The Morgan fingerprint density at radius 1 is 1.19 bits per heavy atom. The third kappa shape index (κ3) is 3.82. The van der Waals surface area contributed by atoms with Crippen molar-refractivity contribution in [3.63, 3.8) is 0 Å². The van der Waals surface area contributed by atoms with Gasteiger partial charge in [-0.3, -0.25) is 0 Å². The fourth-order valence-electron chi connectivity index (χ4n) is 2.31. The molecule has 3 rings (SSSR count). The number of hydrogen-bond acceptors (Lipinski definition) is 5. The van der Waals surface area contributed by atoms with E-state index < -0.39 is 0 Å². The normalized spacial score (nSPS) is 21.3. The fourth-order valence-corrected chi connectivity index (χ4v) is 2.31. The van der Waals surface area contributed by atoms with Crippen LogP contribution >= 0.6 is 0 Å². The summed E-state index contributed by atoms with van der Waals surface area (Å²) in [7, 11) is 0. The van der Waals surface area contributed by atoms with E-state index in [4.69, 9.17) is 4.42 Å². The molecular weight excluding hydrogens is 264 g/mol. The van der Waals surface area contributed by atoms with Crippen molar-refractivity contribution in [3.05, 3.63) is 41.8 Å². The second kappa shape index (κ2) is 5.48. The second-order valence-corrected chi connectivity index (χ2v) is 6.61. The van der Waals surface area contributed by atoms with Gasteiger partial charge in [0, 0.05) is 17.5 Å². The first-order valence-corrected chi connectivity index (χ1v) is 7.40. The van der Waals surface area contributed by atoms with Crippen molar-refractivity contribution in [3.8, 4) is 0 Å². The van der Waals surface area contributed by atoms with Crippen LogP contribution in [0.3, 0.4) is 0 Å². The molecule has 112 valence electrons. The molecule has 1 aromatic carbocycles. The molecule has 5 heteroatoms. The van der Waals surface area contributed by atoms with Crippen molar-refractivity contribution in [1.82, 2.24) is 15.5 Å². The van der Waals surface area contributed by atoms with Gasteiger partial charge >= 0.3 is 6.01 Å². The lowest BCUT2D eigenvalue weighted by molar-refractivity contribution is 0.383. The maximum absolute atomic E-state index is 5.62. The van der Waals surface area contributed by atoms with Crippen LogP contribution in [0.5, 0.6) is 0 Å². The summed E-state index contributed by atoms with van der Waals surface area (Å²) < 4.78 is 5.62. The zero-order chi connectivity index (χ0) is 14.9. The monoisotopic (exact) mass is 286 g/mol. The Bertz CT molecular complexity index is 588. The van der Waals surface area contributed by atoms with Crippen molar-refractivity contribution in [2.24, 2.45) is 0 Å². The lowest BCUT2D eigenvalue weighted by Gasteiger charge is -2.18. The summed E-state index contributed by atoms with van der Waals surface area (Å²) in [4.78, 5) is 0. The van der Waals surface area contributed by atoms with Crippen molar-refractivity contribution in [1.29, 1.82) is 0 Å². The lowest BCUT2D eigenvalue weighted by Crippen LogP contribution is -2.35. The number of aromatic nitrogens is 2. The van der Waals surface area contributed by atoms with Crippen LogP contribution in [0.25, 0.3) is 0 Å². The molecule has 0 saturated heterocycles. The highest BCUT2D eigenvalue weighted by atomic mass is 16.4. The maximum Gasteiger partial charge on any atom is 0.315 e. The smallest absolute Gasteiger partial charge is 0.315 e. The van der Waals surface area contributed by atoms with Crippen LogP contribution in [0.2, 0.25) is 0 Å². The molecule has 0 spiro atoms. The number of benzene rings is 1. The fraction of sp³-hybridized carbons (Fsp3) is 0.500. The molecule has 5 nitrogen and oxygen atoms in total. The highest BCUT2D eigenvalue weighted by molar-refractivity contribution is 5.35. The number of nitrogens with zero attached hydrogens (tertiary/aromatic N) is 2. The number of rotatable bonds is 5. The van der Waals surface area contributed by atoms with Gasteiger partial charge in [0.15, 0.2) is 0 Å². The van der Waals surface area contributed by atoms with E-state index >= 15 is 0 Å². The van der Waals surface area contributed by atoms with E-state index in [1.807, 2.05) is 6.07 Å². The van der Waals surface area contributed by atoms with E-state index in [0.29, 0.717) is 30.4 Å². The molecule has 1 aromatic heterocycles. The van der Waals surface area contributed by atoms with Gasteiger partial charge in [0.2, 0.25) is 5.89 Å². The molecule has 0 radical (unpaired) electrons. The zero-order valence-corrected chi connectivity index (χ0v) is 12.8. The Labute approximate surface area is 125 Å². The summed E-state index contributed by atoms with van der Waals surface area (Å²) in [5, 5.41) is 14.8. The molecule has 0 amide bonds. The molecule has 1 aliphatic rings. The van der Waals surface area contributed by atoms with Gasteiger partial charge in [-0.25, -0.2) is 0 Å². The highest BCUT2D eigenvalue weighted by Gasteiger charge is 2.39. The van der Waals surface area contributed by atoms with E-state index in [0.717, 1.165) is 6.42 Å². The van der Waals surface area contributed by atoms with Gasteiger partial charge in [0.1, 0.15) is 0 Å². The van der Waals surface area contributed by atoms with Gasteiger partial charge < -0.3 is 15.1 Å². The van der Waals surface area contributed by atoms with Crippen molar-refractivity contribution in [2.45, 2.75) is 51.2 Å². The highest BCUT2D eigenvalue weighted by Crippen LogP contribution is 2.42. The van der Waals surface area contributed by atoms with Crippen LogP contribution in [0, 0.1) is 0 Å². The SMILES string of the molecule is CC(C)(C)NCc1nnc(NC2CC2c2ccccc2)o1. The predicted octanol–water partition coefficient (Wildman–Crippen LogP) is 2.93. The Kier molecular flexibility index (Phi) is 3.68. The van der Waals surface area contributed by atoms with Crippen LogP contribution in [-0.4, -0.2) is 21.8 Å². The molecule has 1 heterocycles. The molecule has 21 heavy (non-hydrogen) atoms. The van der Waals surface area contributed by atoms with Crippen molar-refractivity contribution in [2.75, 3.05) is 5.32 Å². The average Bonchev–Trinajstić information content (AvgIpc) is 3.05. The number of anilines is 1. The Balaban J connectivity index is 1.52. The van der Waals surface area contributed by atoms with E-state index in [1.54, 1.807) is 0 Å². The summed E-state index contributed by atoms with van der Waals surface area (Å²) in [6.07, 6.45) is 1.11. The number of nitrogens with one attached hydrogen (secondary N) is 2. The van der Waals surface area contributed by atoms with Gasteiger partial charge in [-0.2, -0.15) is 0 Å². The van der Waals surface area contributed by atoms with Crippen LogP contribution in [0.4, 0.5) is 6.01 Å². The largest absolute Gasteiger partial charge is 0.407 e. The Morgan fingerprint density at radius 2 is 1.95 bits per heavy atom. The Hall–Kier alpha value is -1.88. The van der Waals surface area contributed by atoms with E-state index in [-0.39, 0.29) is 5.54 Å². The van der Waals surface area contributed by atoms with Crippen molar-refractivity contribution >= 4 is 6.01 Å². The topological polar surface area (TPSA) is 63.0 Å². The van der Waals surface area contributed by atoms with Gasteiger partial charge in [-0.05, 0) is 32.8 Å². The van der Waals surface area contributed by atoms with Gasteiger partial charge in [0.05, 0.1) is 6.54 Å². The van der Waals surface area contributed by atoms with Gasteiger partial charge in [-0.15, -0.1) is 5.10 Å². The van der Waals surface area contributed by atoms with Crippen molar-refractivity contribution < 1.29 is 4.42 Å². The molecule has 1 saturated carbocycles. The standard InChI is InChI=1S/C16H22N4O/c1-16(2,3)17-10-14-19-20-15(21-14)18-13-9-12(13)11-7-5-4-6-8-11/h4-8,12-13,17H,9-10H2,1-3H3,(H,18,20). The summed E-state index contributed by atoms with van der Waals surface area (Å²) in [5.41, 5.74) is 1.40. The number of hydrogen-bond donors (Lipinski definition) is 2. The van der Waals surface area contributed by atoms with Crippen LogP contribution in [0.15, 0.2) is 34.7 Å². The Morgan fingerprint density at radius 3 is 2.67 bits per heavy atom. The quantitative estimate of drug-likeness (QED) is 0.885. The van der Waals surface area contributed by atoms with Crippen LogP contribution in [0.1, 0.15) is 44.6 Å². The summed E-state index contributed by atoms with van der Waals surface area (Å²) in [5.74, 6) is 1.17. The third-order valence-corrected chi connectivity index (χ3v) is 3.56. The first kappa shape index (κ1) is 14.1. The van der Waals surface area contributed by atoms with E-state index in [2.05, 4.69) is 65.9 Å². The molecule has 0 bridgehead atoms. The molecule has 1 fully saturated rings. The minimum absolute atomic E-state index is 0.0386. The lowest BCUT2D eigenvalue weighted by atomic mass is 10.1. The predicted molar refractivity (Wildman–Crippen MR) is 82.1 cm³/mol. The van der Waals surface area contributed by atoms with Gasteiger partial charge in [0.25, 0.3) is 0 Å². The minimum Gasteiger partial charge on any atom is -0.407 e.